The molecule has 0 atom stereocenters. The van der Waals surface area contributed by atoms with Gasteiger partial charge < -0.3 is 14.4 Å². The Kier molecular flexibility index (Phi) is 11.0. The van der Waals surface area contributed by atoms with E-state index in [4.69, 9.17) is 15.0 Å². The van der Waals surface area contributed by atoms with Crippen LogP contribution in [0.3, 0.4) is 0 Å². The average Bonchev–Trinajstić information content (AvgIpc) is 1.74. The van der Waals surface area contributed by atoms with E-state index >= 15 is 0 Å². The highest BCUT2D eigenvalue weighted by Crippen LogP contribution is 2.52. The Labute approximate surface area is 494 Å². The highest BCUT2D eigenvalue weighted by atomic mass is 15.2. The first-order chi connectivity index (χ1) is 41.9. The van der Waals surface area contributed by atoms with Gasteiger partial charge >= 0.3 is 0 Å². The molecule has 3 aliphatic rings. The van der Waals surface area contributed by atoms with E-state index in [2.05, 4.69) is 277 Å². The van der Waals surface area contributed by atoms with Crippen LogP contribution < -0.4 is 26.2 Å². The minimum atomic E-state index is -0.181. The summed E-state index contributed by atoms with van der Waals surface area (Å²) >= 11 is 0. The summed E-state index contributed by atoms with van der Waals surface area (Å²) in [6.07, 6.45) is 0. The predicted octanol–water partition coefficient (Wildman–Crippen LogP) is 17.7. The van der Waals surface area contributed by atoms with Gasteiger partial charge in [-0.25, -0.2) is 15.0 Å². The van der Waals surface area contributed by atoms with Crippen LogP contribution in [0.15, 0.2) is 285 Å². The van der Waals surface area contributed by atoms with Crippen molar-refractivity contribution in [1.82, 2.24) is 19.5 Å². The average molecular weight is 1090 g/mol. The standard InChI is InChI=1S/C78H53BN6/c1-78(2)63-32-14-12-30-58(63)61-48-62-59-31-13-17-35-67(59)85(73(62)49-64(61)78)68-45-42-55(77-81-75(51-22-6-3-7-23-51)80-76(82-77)52-24-8-4-9-25-52)47-60(68)54-27-20-26-53(46-54)50-40-43-57(44-41-50)84-70-37-19-16-34-66(70)79-65-33-15-18-36-69(65)83(56-28-10-5-11-29-56)71-38-21-39-72(84)74(71)79/h3-49H,1-2H3. The summed E-state index contributed by atoms with van der Waals surface area (Å²) in [6.45, 7) is 4.81. The molecule has 0 unspecified atom stereocenters. The van der Waals surface area contributed by atoms with Gasteiger partial charge in [0, 0.05) is 72.6 Å². The summed E-state index contributed by atoms with van der Waals surface area (Å²) in [5, 5.41) is 2.44. The number of hydrogen-bond donors (Lipinski definition) is 0. The molecule has 0 fully saturated rings. The van der Waals surface area contributed by atoms with Gasteiger partial charge in [0.1, 0.15) is 0 Å². The molecule has 0 radical (unpaired) electrons. The third kappa shape index (κ3) is 7.63. The van der Waals surface area contributed by atoms with Crippen molar-refractivity contribution >= 4 is 79.0 Å². The molecule has 0 spiro atoms. The van der Waals surface area contributed by atoms with Gasteiger partial charge in [-0.05, 0) is 146 Å². The number of aromatic nitrogens is 4. The van der Waals surface area contributed by atoms with Gasteiger partial charge in [-0.15, -0.1) is 0 Å². The van der Waals surface area contributed by atoms with Crippen molar-refractivity contribution in [1.29, 1.82) is 0 Å². The van der Waals surface area contributed by atoms with Crippen molar-refractivity contribution in [2.75, 3.05) is 9.80 Å². The minimum Gasteiger partial charge on any atom is -0.311 e. The van der Waals surface area contributed by atoms with Crippen LogP contribution in [-0.2, 0) is 5.41 Å². The zero-order chi connectivity index (χ0) is 56.3. The van der Waals surface area contributed by atoms with Crippen molar-refractivity contribution in [2.45, 2.75) is 19.3 Å². The first kappa shape index (κ1) is 48.8. The smallest absolute Gasteiger partial charge is 0.252 e. The summed E-state index contributed by atoms with van der Waals surface area (Å²) in [5.41, 5.74) is 26.6. The lowest BCUT2D eigenvalue weighted by molar-refractivity contribution is 0.661. The Morgan fingerprint density at radius 1 is 0.306 bits per heavy atom. The number of hydrogen-bond acceptors (Lipinski definition) is 5. The second-order valence-electron chi connectivity index (χ2n) is 23.1. The summed E-state index contributed by atoms with van der Waals surface area (Å²) in [6, 6.07) is 104. The van der Waals surface area contributed by atoms with E-state index in [1.54, 1.807) is 0 Å². The monoisotopic (exact) mass is 1080 g/mol. The lowest BCUT2D eigenvalue weighted by Gasteiger charge is -2.44. The molecule has 0 amide bonds. The molecule has 0 bridgehead atoms. The lowest BCUT2D eigenvalue weighted by atomic mass is 9.33. The molecule has 14 aromatic rings. The van der Waals surface area contributed by atoms with E-state index in [-0.39, 0.29) is 12.1 Å². The molecule has 12 aromatic carbocycles. The summed E-state index contributed by atoms with van der Waals surface area (Å²) in [5.74, 6) is 1.86. The van der Waals surface area contributed by atoms with Crippen LogP contribution in [0.1, 0.15) is 25.0 Å². The predicted molar refractivity (Wildman–Crippen MR) is 353 cm³/mol. The first-order valence-corrected chi connectivity index (χ1v) is 29.3. The molecule has 4 heterocycles. The third-order valence-corrected chi connectivity index (χ3v) is 18.0. The molecule has 17 rings (SSSR count). The lowest BCUT2D eigenvalue weighted by Crippen LogP contribution is -2.61. The SMILES string of the molecule is CC1(C)c2ccccc2-c2cc3c4ccccc4n(-c4ccc(-c5nc(-c6ccccc6)nc(-c6ccccc6)n5)cc4-c4cccc(-c5ccc(N6c7ccccc7B7c8ccccc8N(c8ccccc8)c8cccc6c87)cc5)c4)c3cc21. The van der Waals surface area contributed by atoms with Gasteiger partial charge in [-0.3, -0.25) is 0 Å². The zero-order valence-corrected chi connectivity index (χ0v) is 46.9. The molecule has 2 aromatic heterocycles. The van der Waals surface area contributed by atoms with E-state index in [1.165, 1.54) is 77.7 Å². The molecule has 85 heavy (non-hydrogen) atoms. The maximum Gasteiger partial charge on any atom is 0.252 e. The van der Waals surface area contributed by atoms with Gasteiger partial charge in [-0.1, -0.05) is 208 Å². The fraction of sp³-hybridized carbons (Fsp3) is 0.0385. The molecule has 7 heteroatoms. The zero-order valence-electron chi connectivity index (χ0n) is 46.9. The Hall–Kier alpha value is -10.9. The highest BCUT2D eigenvalue weighted by Gasteiger charge is 2.43. The first-order valence-electron chi connectivity index (χ1n) is 29.3. The number of fused-ring (bicyclic) bond motifs is 10. The number of benzene rings is 12. The molecule has 0 saturated heterocycles. The molecule has 2 aliphatic heterocycles. The molecule has 0 N–H and O–H groups in total. The summed E-state index contributed by atoms with van der Waals surface area (Å²) in [4.78, 5) is 20.5. The Morgan fingerprint density at radius 3 is 1.51 bits per heavy atom. The van der Waals surface area contributed by atoms with Crippen molar-refractivity contribution in [2.24, 2.45) is 0 Å². The second kappa shape index (κ2) is 19.1. The Balaban J connectivity index is 0.827. The van der Waals surface area contributed by atoms with Crippen LogP contribution in [0.4, 0.5) is 34.1 Å². The topological polar surface area (TPSA) is 50.1 Å². The fourth-order valence-electron chi connectivity index (χ4n) is 14.1. The molecule has 0 saturated carbocycles. The van der Waals surface area contributed by atoms with E-state index < -0.39 is 0 Å². The quantitative estimate of drug-likeness (QED) is 0.142. The van der Waals surface area contributed by atoms with Gasteiger partial charge in [0.15, 0.2) is 17.5 Å². The van der Waals surface area contributed by atoms with E-state index in [0.29, 0.717) is 17.5 Å². The van der Waals surface area contributed by atoms with Crippen LogP contribution in [0, 0.1) is 0 Å². The third-order valence-electron chi connectivity index (χ3n) is 18.0. The van der Waals surface area contributed by atoms with Crippen LogP contribution >= 0.6 is 0 Å². The van der Waals surface area contributed by atoms with E-state index in [1.807, 2.05) is 36.4 Å². The van der Waals surface area contributed by atoms with Crippen molar-refractivity contribution in [3.8, 4) is 73.2 Å². The van der Waals surface area contributed by atoms with Gasteiger partial charge in [0.05, 0.1) is 16.7 Å². The number of rotatable bonds is 8. The normalized spacial score (nSPS) is 13.3. The van der Waals surface area contributed by atoms with Crippen LogP contribution in [0.5, 0.6) is 0 Å². The van der Waals surface area contributed by atoms with Crippen molar-refractivity contribution in [3.63, 3.8) is 0 Å². The molecular formula is C78H53BN6. The van der Waals surface area contributed by atoms with Gasteiger partial charge in [0.2, 0.25) is 0 Å². The van der Waals surface area contributed by atoms with E-state index in [0.717, 1.165) is 61.5 Å². The van der Waals surface area contributed by atoms with Gasteiger partial charge in [-0.2, -0.15) is 0 Å². The van der Waals surface area contributed by atoms with Crippen molar-refractivity contribution in [3.05, 3.63) is 296 Å². The highest BCUT2D eigenvalue weighted by molar-refractivity contribution is 7.00. The molecular weight excluding hydrogens is 1030 g/mol. The van der Waals surface area contributed by atoms with Gasteiger partial charge in [0.25, 0.3) is 6.71 Å². The largest absolute Gasteiger partial charge is 0.311 e. The number of nitrogens with zero attached hydrogens (tertiary/aromatic N) is 6. The Morgan fingerprint density at radius 2 is 0.824 bits per heavy atom. The summed E-state index contributed by atoms with van der Waals surface area (Å²) in [7, 11) is 0. The van der Waals surface area contributed by atoms with Crippen LogP contribution in [0.25, 0.3) is 95.0 Å². The minimum absolute atomic E-state index is 0.0782. The fourth-order valence-corrected chi connectivity index (χ4v) is 14.1. The maximum absolute atomic E-state index is 5.25. The van der Waals surface area contributed by atoms with Crippen LogP contribution in [0.2, 0.25) is 0 Å². The van der Waals surface area contributed by atoms with Crippen molar-refractivity contribution < 1.29 is 0 Å². The maximum atomic E-state index is 5.25. The Bertz CT molecular complexity index is 4940. The number of anilines is 6. The molecule has 6 nitrogen and oxygen atoms in total. The molecule has 1 aliphatic carbocycles. The van der Waals surface area contributed by atoms with Crippen LogP contribution in [-0.4, -0.2) is 26.2 Å². The number of para-hydroxylation sites is 4. The van der Waals surface area contributed by atoms with E-state index in [9.17, 15) is 0 Å². The molecule has 398 valence electrons. The summed E-state index contributed by atoms with van der Waals surface area (Å²) < 4.78 is 2.49. The second-order valence-corrected chi connectivity index (χ2v) is 23.1.